The lowest BCUT2D eigenvalue weighted by molar-refractivity contribution is 0.605. The van der Waals surface area contributed by atoms with Crippen molar-refractivity contribution in [2.75, 3.05) is 5.75 Å². The third-order valence-electron chi connectivity index (χ3n) is 1.43. The fourth-order valence-electron chi connectivity index (χ4n) is 0.633. The molecule has 0 saturated carbocycles. The van der Waals surface area contributed by atoms with Crippen LogP contribution in [0.5, 0.6) is 0 Å². The molecule has 0 aliphatic carbocycles. The average molecular weight is 176 g/mol. The smallest absolute Gasteiger partial charge is 0.171 e. The minimum absolute atomic E-state index is 0.204. The zero-order chi connectivity index (χ0) is 8.74. The first-order valence-electron chi connectivity index (χ1n) is 4.01. The summed E-state index contributed by atoms with van der Waals surface area (Å²) in [6, 6.07) is 0. The second-order valence-corrected chi connectivity index (χ2v) is 4.64. The van der Waals surface area contributed by atoms with Gasteiger partial charge in [-0.2, -0.15) is 0 Å². The van der Waals surface area contributed by atoms with Gasteiger partial charge < -0.3 is 0 Å². The Morgan fingerprint density at radius 1 is 1.27 bits per heavy atom. The highest BCUT2D eigenvalue weighted by Gasteiger charge is 1.98. The number of hydrogen-bond acceptors (Lipinski definition) is 2. The van der Waals surface area contributed by atoms with Gasteiger partial charge in [-0.1, -0.05) is 32.8 Å². The van der Waals surface area contributed by atoms with Crippen LogP contribution in [0.1, 0.15) is 33.1 Å². The molecule has 0 atom stereocenters. The van der Waals surface area contributed by atoms with E-state index in [4.69, 9.17) is 0 Å². The van der Waals surface area contributed by atoms with Crippen LogP contribution in [0.3, 0.4) is 0 Å². The first-order valence-corrected chi connectivity index (χ1v) is 5.73. The molecule has 66 valence electrons. The Morgan fingerprint density at radius 3 is 2.36 bits per heavy atom. The van der Waals surface area contributed by atoms with Crippen molar-refractivity contribution >= 4 is 9.84 Å². The van der Waals surface area contributed by atoms with Gasteiger partial charge in [0.05, 0.1) is 5.75 Å². The van der Waals surface area contributed by atoms with Gasteiger partial charge in [-0.3, -0.25) is 0 Å². The summed E-state index contributed by atoms with van der Waals surface area (Å²) in [4.78, 5) is 0. The van der Waals surface area contributed by atoms with Gasteiger partial charge in [0.1, 0.15) is 0 Å². The van der Waals surface area contributed by atoms with Crippen LogP contribution in [-0.4, -0.2) is 14.2 Å². The molecule has 0 aromatic rings. The lowest BCUT2D eigenvalue weighted by atomic mass is 10.2. The summed E-state index contributed by atoms with van der Waals surface area (Å²) in [6.07, 6.45) is 4.78. The first kappa shape index (κ1) is 10.7. The maximum atomic E-state index is 10.9. The molecule has 0 fully saturated rings. The lowest BCUT2D eigenvalue weighted by Gasteiger charge is -1.90. The summed E-state index contributed by atoms with van der Waals surface area (Å²) in [5.74, 6) is 0.204. The topological polar surface area (TPSA) is 34.1 Å². The Bertz CT molecular complexity index is 202. The minimum atomic E-state index is -2.88. The molecule has 0 saturated heterocycles. The van der Waals surface area contributed by atoms with Crippen LogP contribution in [0, 0.1) is 0 Å². The van der Waals surface area contributed by atoms with E-state index in [0.717, 1.165) is 19.3 Å². The molecule has 0 rings (SSSR count). The Kier molecular flexibility index (Phi) is 5.20. The summed E-state index contributed by atoms with van der Waals surface area (Å²) in [6.45, 7) is 3.74. The zero-order valence-corrected chi connectivity index (χ0v) is 8.02. The monoisotopic (exact) mass is 176 g/mol. The number of unbranched alkanes of at least 4 members (excludes halogenated alkanes) is 2. The third kappa shape index (κ3) is 6.10. The van der Waals surface area contributed by atoms with Crippen molar-refractivity contribution in [3.8, 4) is 0 Å². The molecule has 0 heterocycles. The van der Waals surface area contributed by atoms with Crippen LogP contribution in [-0.2, 0) is 9.84 Å². The maximum Gasteiger partial charge on any atom is 0.171 e. The highest BCUT2D eigenvalue weighted by Crippen LogP contribution is 1.98. The summed E-state index contributed by atoms with van der Waals surface area (Å²) < 4.78 is 21.8. The summed E-state index contributed by atoms with van der Waals surface area (Å²) in [7, 11) is -2.88. The highest BCUT2D eigenvalue weighted by molar-refractivity contribution is 7.94. The first-order chi connectivity index (χ1) is 5.12. The van der Waals surface area contributed by atoms with E-state index in [9.17, 15) is 8.42 Å². The van der Waals surface area contributed by atoms with Gasteiger partial charge in [-0.25, -0.2) is 8.42 Å². The van der Waals surface area contributed by atoms with Gasteiger partial charge in [-0.15, -0.1) is 0 Å². The standard InChI is InChI=1S/C8H16O2S/c1-3-5-6-7-8-11(9,10)4-2/h7-8H,3-6H2,1-2H3. The maximum absolute atomic E-state index is 10.9. The van der Waals surface area contributed by atoms with Gasteiger partial charge in [0, 0.05) is 5.41 Å². The SMILES string of the molecule is CCCCC=CS(=O)(=O)CC. The van der Waals surface area contributed by atoms with E-state index < -0.39 is 9.84 Å². The average Bonchev–Trinajstić information content (AvgIpc) is 1.99. The van der Waals surface area contributed by atoms with Crippen LogP contribution in [0.2, 0.25) is 0 Å². The zero-order valence-electron chi connectivity index (χ0n) is 7.21. The molecule has 0 aliphatic rings. The fraction of sp³-hybridized carbons (Fsp3) is 0.750. The van der Waals surface area contributed by atoms with Crippen molar-refractivity contribution in [3.05, 3.63) is 11.5 Å². The van der Waals surface area contributed by atoms with Crippen LogP contribution in [0.4, 0.5) is 0 Å². The minimum Gasteiger partial charge on any atom is -0.224 e. The molecule has 0 bridgehead atoms. The van der Waals surface area contributed by atoms with Crippen LogP contribution < -0.4 is 0 Å². The van der Waals surface area contributed by atoms with E-state index in [1.54, 1.807) is 13.0 Å². The molecule has 3 heteroatoms. The normalized spacial score (nSPS) is 12.5. The Morgan fingerprint density at radius 2 is 1.91 bits per heavy atom. The van der Waals surface area contributed by atoms with Crippen LogP contribution >= 0.6 is 0 Å². The van der Waals surface area contributed by atoms with Crippen LogP contribution in [0.25, 0.3) is 0 Å². The van der Waals surface area contributed by atoms with Crippen molar-refractivity contribution in [3.63, 3.8) is 0 Å². The van der Waals surface area contributed by atoms with E-state index in [1.165, 1.54) is 5.41 Å². The van der Waals surface area contributed by atoms with E-state index in [-0.39, 0.29) is 5.75 Å². The lowest BCUT2D eigenvalue weighted by Crippen LogP contribution is -1.96. The molecule has 0 aromatic heterocycles. The second kappa shape index (κ2) is 5.35. The third-order valence-corrected chi connectivity index (χ3v) is 2.84. The Hall–Kier alpha value is -0.310. The molecular formula is C8H16O2S. The predicted octanol–water partition coefficient (Wildman–Crippen LogP) is 2.12. The number of rotatable bonds is 5. The van der Waals surface area contributed by atoms with Crippen molar-refractivity contribution in [2.24, 2.45) is 0 Å². The Labute approximate surface area is 69.2 Å². The molecule has 0 aromatic carbocycles. The van der Waals surface area contributed by atoms with E-state index in [1.807, 2.05) is 0 Å². The molecule has 0 N–H and O–H groups in total. The molecule has 0 unspecified atom stereocenters. The van der Waals surface area contributed by atoms with Crippen molar-refractivity contribution < 1.29 is 8.42 Å². The molecular weight excluding hydrogens is 160 g/mol. The number of allylic oxidation sites excluding steroid dienone is 1. The van der Waals surface area contributed by atoms with Crippen LogP contribution in [0.15, 0.2) is 11.5 Å². The van der Waals surface area contributed by atoms with Crippen molar-refractivity contribution in [2.45, 2.75) is 33.1 Å². The number of sulfone groups is 1. The quantitative estimate of drug-likeness (QED) is 0.601. The van der Waals surface area contributed by atoms with Crippen molar-refractivity contribution in [1.82, 2.24) is 0 Å². The summed E-state index contributed by atoms with van der Waals surface area (Å²) in [5, 5.41) is 1.32. The second-order valence-electron chi connectivity index (χ2n) is 2.47. The largest absolute Gasteiger partial charge is 0.224 e. The summed E-state index contributed by atoms with van der Waals surface area (Å²) in [5.41, 5.74) is 0. The summed E-state index contributed by atoms with van der Waals surface area (Å²) >= 11 is 0. The molecule has 0 amide bonds. The molecule has 11 heavy (non-hydrogen) atoms. The van der Waals surface area contributed by atoms with Gasteiger partial charge >= 0.3 is 0 Å². The number of hydrogen-bond donors (Lipinski definition) is 0. The highest BCUT2D eigenvalue weighted by atomic mass is 32.2. The molecule has 2 nitrogen and oxygen atoms in total. The Balaban J connectivity index is 3.74. The fourth-order valence-corrected chi connectivity index (χ4v) is 1.25. The van der Waals surface area contributed by atoms with E-state index >= 15 is 0 Å². The van der Waals surface area contributed by atoms with Crippen molar-refractivity contribution in [1.29, 1.82) is 0 Å². The van der Waals surface area contributed by atoms with Gasteiger partial charge in [0.15, 0.2) is 9.84 Å². The van der Waals surface area contributed by atoms with Gasteiger partial charge in [0.25, 0.3) is 0 Å². The van der Waals surface area contributed by atoms with E-state index in [2.05, 4.69) is 6.92 Å². The molecule has 0 spiro atoms. The molecule has 0 aliphatic heterocycles. The van der Waals surface area contributed by atoms with E-state index in [0.29, 0.717) is 0 Å². The van der Waals surface area contributed by atoms with Gasteiger partial charge in [-0.05, 0) is 6.42 Å². The van der Waals surface area contributed by atoms with Gasteiger partial charge in [0.2, 0.25) is 0 Å². The molecule has 0 radical (unpaired) electrons. The predicted molar refractivity (Wildman–Crippen MR) is 48.1 cm³/mol.